The van der Waals surface area contributed by atoms with Crippen molar-refractivity contribution in [2.45, 2.75) is 0 Å². The number of pyridine rings is 1. The van der Waals surface area contributed by atoms with Crippen molar-refractivity contribution >= 4 is 28.2 Å². The molecule has 0 bridgehead atoms. The number of rotatable bonds is 3. The highest BCUT2D eigenvalue weighted by atomic mass is 16.5. The Kier molecular flexibility index (Phi) is 4.54. The van der Waals surface area contributed by atoms with E-state index in [1.54, 1.807) is 18.1 Å². The topological polar surface area (TPSA) is 45.7 Å². The van der Waals surface area contributed by atoms with E-state index in [2.05, 4.69) is 9.88 Å². The van der Waals surface area contributed by atoms with Crippen molar-refractivity contribution < 1.29 is 9.53 Å². The Balaban J connectivity index is 1.58. The average molecular weight is 347 g/mol. The summed E-state index contributed by atoms with van der Waals surface area (Å²) >= 11 is 0. The highest BCUT2D eigenvalue weighted by molar-refractivity contribution is 6.13. The van der Waals surface area contributed by atoms with Gasteiger partial charge in [-0.2, -0.15) is 0 Å². The van der Waals surface area contributed by atoms with Crippen molar-refractivity contribution in [3.05, 3.63) is 66.4 Å². The highest BCUT2D eigenvalue weighted by Crippen LogP contribution is 2.23. The first-order valence-corrected chi connectivity index (χ1v) is 8.78. The van der Waals surface area contributed by atoms with E-state index < -0.39 is 0 Å². The van der Waals surface area contributed by atoms with Gasteiger partial charge in [-0.3, -0.25) is 4.79 Å². The molecule has 1 aromatic heterocycles. The molecule has 0 atom stereocenters. The lowest BCUT2D eigenvalue weighted by Crippen LogP contribution is -2.36. The van der Waals surface area contributed by atoms with Crippen LogP contribution in [0.4, 0.5) is 11.5 Å². The second-order valence-electron chi connectivity index (χ2n) is 6.36. The Hall–Kier alpha value is -2.92. The SMILES string of the molecule is CN(C(=O)c1cccc2ccccc12)c1ccc(N2CCOCC2)nc1. The first-order chi connectivity index (χ1) is 12.7. The molecule has 5 nitrogen and oxygen atoms in total. The highest BCUT2D eigenvalue weighted by Gasteiger charge is 2.17. The summed E-state index contributed by atoms with van der Waals surface area (Å²) in [5, 5.41) is 2.03. The molecule has 1 amide bonds. The van der Waals surface area contributed by atoms with Crippen LogP contribution in [0.5, 0.6) is 0 Å². The van der Waals surface area contributed by atoms with Gasteiger partial charge in [0, 0.05) is 25.7 Å². The quantitative estimate of drug-likeness (QED) is 0.729. The van der Waals surface area contributed by atoms with E-state index >= 15 is 0 Å². The summed E-state index contributed by atoms with van der Waals surface area (Å²) in [4.78, 5) is 21.4. The summed E-state index contributed by atoms with van der Waals surface area (Å²) in [5.41, 5.74) is 1.47. The minimum absolute atomic E-state index is 0.0391. The first kappa shape index (κ1) is 16.5. The van der Waals surface area contributed by atoms with Gasteiger partial charge in [0.2, 0.25) is 0 Å². The molecule has 0 aliphatic carbocycles. The maximum atomic E-state index is 13.0. The lowest BCUT2D eigenvalue weighted by atomic mass is 10.0. The monoisotopic (exact) mass is 347 g/mol. The third kappa shape index (κ3) is 3.13. The van der Waals surface area contributed by atoms with Gasteiger partial charge in [-0.25, -0.2) is 4.98 Å². The van der Waals surface area contributed by atoms with E-state index in [4.69, 9.17) is 4.74 Å². The molecule has 4 rings (SSSR count). The molecule has 0 radical (unpaired) electrons. The Labute approximate surface area is 152 Å². The number of anilines is 2. The maximum Gasteiger partial charge on any atom is 0.258 e. The van der Waals surface area contributed by atoms with Gasteiger partial charge in [0.25, 0.3) is 5.91 Å². The number of hydrogen-bond donors (Lipinski definition) is 0. The summed E-state index contributed by atoms with van der Waals surface area (Å²) < 4.78 is 5.38. The molecular formula is C21H21N3O2. The normalized spacial score (nSPS) is 14.4. The largest absolute Gasteiger partial charge is 0.378 e. The van der Waals surface area contributed by atoms with Crippen LogP contribution in [-0.4, -0.2) is 44.2 Å². The number of carbonyl (C=O) groups excluding carboxylic acids is 1. The van der Waals surface area contributed by atoms with E-state index in [-0.39, 0.29) is 5.91 Å². The van der Waals surface area contributed by atoms with Crippen molar-refractivity contribution in [2.24, 2.45) is 0 Å². The van der Waals surface area contributed by atoms with Gasteiger partial charge in [0.05, 0.1) is 25.1 Å². The van der Waals surface area contributed by atoms with Crippen LogP contribution in [0.2, 0.25) is 0 Å². The van der Waals surface area contributed by atoms with Crippen LogP contribution in [0.1, 0.15) is 10.4 Å². The predicted molar refractivity (Wildman–Crippen MR) is 104 cm³/mol. The summed E-state index contributed by atoms with van der Waals surface area (Å²) in [6.45, 7) is 3.14. The first-order valence-electron chi connectivity index (χ1n) is 8.78. The fraction of sp³-hybridized carbons (Fsp3) is 0.238. The molecule has 2 heterocycles. The molecular weight excluding hydrogens is 326 g/mol. The number of ether oxygens (including phenoxy) is 1. The third-order valence-corrected chi connectivity index (χ3v) is 4.78. The Morgan fingerprint density at radius 2 is 1.81 bits per heavy atom. The van der Waals surface area contributed by atoms with Gasteiger partial charge in [0.15, 0.2) is 0 Å². The van der Waals surface area contributed by atoms with Crippen molar-refractivity contribution in [3.63, 3.8) is 0 Å². The van der Waals surface area contributed by atoms with Crippen molar-refractivity contribution in [1.82, 2.24) is 4.98 Å². The smallest absolute Gasteiger partial charge is 0.258 e. The fourth-order valence-corrected chi connectivity index (χ4v) is 3.27. The molecule has 2 aromatic carbocycles. The van der Waals surface area contributed by atoms with Crippen LogP contribution in [0.3, 0.4) is 0 Å². The van der Waals surface area contributed by atoms with E-state index in [1.807, 2.05) is 54.6 Å². The molecule has 1 aliphatic heterocycles. The predicted octanol–water partition coefficient (Wildman–Crippen LogP) is 3.35. The molecule has 26 heavy (non-hydrogen) atoms. The Morgan fingerprint density at radius 3 is 2.58 bits per heavy atom. The molecule has 132 valence electrons. The van der Waals surface area contributed by atoms with Crippen LogP contribution < -0.4 is 9.80 Å². The van der Waals surface area contributed by atoms with Gasteiger partial charge in [-0.1, -0.05) is 36.4 Å². The van der Waals surface area contributed by atoms with E-state index in [1.165, 1.54) is 0 Å². The zero-order valence-corrected chi connectivity index (χ0v) is 14.8. The molecule has 0 N–H and O–H groups in total. The van der Waals surface area contributed by atoms with Crippen LogP contribution >= 0.6 is 0 Å². The van der Waals surface area contributed by atoms with Gasteiger partial charge in [-0.05, 0) is 29.0 Å². The number of amides is 1. The number of hydrogen-bond acceptors (Lipinski definition) is 4. The van der Waals surface area contributed by atoms with Crippen molar-refractivity contribution in [2.75, 3.05) is 43.2 Å². The lowest BCUT2D eigenvalue weighted by Gasteiger charge is -2.28. The number of aromatic nitrogens is 1. The van der Waals surface area contributed by atoms with Gasteiger partial charge in [-0.15, -0.1) is 0 Å². The minimum atomic E-state index is -0.0391. The van der Waals surface area contributed by atoms with Crippen LogP contribution in [0.15, 0.2) is 60.8 Å². The van der Waals surface area contributed by atoms with Crippen LogP contribution in [-0.2, 0) is 4.74 Å². The van der Waals surface area contributed by atoms with Crippen LogP contribution in [0.25, 0.3) is 10.8 Å². The number of morpholine rings is 1. The summed E-state index contributed by atoms with van der Waals surface area (Å²) in [6, 6.07) is 17.7. The molecule has 3 aromatic rings. The summed E-state index contributed by atoms with van der Waals surface area (Å²) in [6.07, 6.45) is 1.76. The van der Waals surface area contributed by atoms with Gasteiger partial charge < -0.3 is 14.5 Å². The Bertz CT molecular complexity index is 913. The second kappa shape index (κ2) is 7.14. The standard InChI is InChI=1S/C21H21N3O2/c1-23(17-9-10-20(22-15-17)24-11-13-26-14-12-24)21(25)19-8-4-6-16-5-2-3-7-18(16)19/h2-10,15H,11-14H2,1H3. The molecule has 1 aliphatic rings. The fourth-order valence-electron chi connectivity index (χ4n) is 3.27. The third-order valence-electron chi connectivity index (χ3n) is 4.78. The second-order valence-corrected chi connectivity index (χ2v) is 6.36. The number of carbonyl (C=O) groups is 1. The Morgan fingerprint density at radius 1 is 1.04 bits per heavy atom. The number of benzene rings is 2. The minimum Gasteiger partial charge on any atom is -0.378 e. The molecule has 0 spiro atoms. The molecule has 5 heteroatoms. The zero-order valence-electron chi connectivity index (χ0n) is 14.8. The van der Waals surface area contributed by atoms with Crippen LogP contribution in [0, 0.1) is 0 Å². The lowest BCUT2D eigenvalue weighted by molar-refractivity contribution is 0.0994. The molecule has 1 saturated heterocycles. The van der Waals surface area contributed by atoms with Crippen molar-refractivity contribution in [1.29, 1.82) is 0 Å². The summed E-state index contributed by atoms with van der Waals surface area (Å²) in [5.74, 6) is 0.880. The van der Waals surface area contributed by atoms with E-state index in [0.29, 0.717) is 5.56 Å². The van der Waals surface area contributed by atoms with Crippen molar-refractivity contribution in [3.8, 4) is 0 Å². The van der Waals surface area contributed by atoms with Gasteiger partial charge >= 0.3 is 0 Å². The number of nitrogens with zero attached hydrogens (tertiary/aromatic N) is 3. The van der Waals surface area contributed by atoms with E-state index in [9.17, 15) is 4.79 Å². The maximum absolute atomic E-state index is 13.0. The van der Waals surface area contributed by atoms with Gasteiger partial charge in [0.1, 0.15) is 5.82 Å². The van der Waals surface area contributed by atoms with E-state index in [0.717, 1.165) is 48.6 Å². The molecule has 0 unspecified atom stereocenters. The summed E-state index contributed by atoms with van der Waals surface area (Å²) in [7, 11) is 1.79. The molecule has 0 saturated carbocycles. The average Bonchev–Trinajstić information content (AvgIpc) is 2.73. The zero-order chi connectivity index (χ0) is 17.9. The number of fused-ring (bicyclic) bond motifs is 1. The molecule has 1 fully saturated rings.